The molecule has 0 saturated heterocycles. The van der Waals surface area contributed by atoms with Gasteiger partial charge in [-0.15, -0.1) is 0 Å². The predicted octanol–water partition coefficient (Wildman–Crippen LogP) is 6.97. The molecular weight excluding hydrogens is 748 g/mol. The Labute approximate surface area is 337 Å². The average Bonchev–Trinajstić information content (AvgIpc) is 3.68. The Hall–Kier alpha value is -5.21. The zero-order valence-electron chi connectivity index (χ0n) is 33.7. The van der Waals surface area contributed by atoms with Crippen LogP contribution < -0.4 is 10.6 Å². The molecule has 1 aliphatic carbocycles. The maximum absolute atomic E-state index is 13.8. The Balaban J connectivity index is 1.04. The van der Waals surface area contributed by atoms with Crippen molar-refractivity contribution in [1.29, 1.82) is 0 Å². The Bertz CT molecular complexity index is 2260. The standard InChI is InChI=1S/C42H51ClN8O6/c1-24-26(10-8-12-28(24)46-37(52)35-45-31-23-51(21-17-33(31)49(35)7)40(56)57-41(2,3)4)27-11-9-13-29(34(27)43)47-38(53)36-44-30-22-50(20-16-32(30)48(36)6)25-14-18-42(5,19-15-25)39(54)55/h8-13,25H,14-23H2,1-7H3,(H,46,52)(H,47,53)(H,54,55). The Morgan fingerprint density at radius 2 is 1.39 bits per heavy atom. The lowest BCUT2D eigenvalue weighted by molar-refractivity contribution is -0.150. The molecule has 2 aromatic carbocycles. The number of carboxylic acid groups (broad SMARTS) is 1. The van der Waals surface area contributed by atoms with E-state index in [1.54, 1.807) is 22.6 Å². The molecule has 7 rings (SSSR count). The number of hydrogen-bond acceptors (Lipinski definition) is 8. The SMILES string of the molecule is Cc1c(NC(=O)c2nc3c(n2C)CCN(C(=O)OC(C)(C)C)C3)cccc1-c1cccc(NC(=O)c2nc3c(n2C)CCN(C2CCC(C)(C(=O)O)CC2)C3)c1Cl. The molecule has 1 saturated carbocycles. The number of halogens is 1. The van der Waals surface area contributed by atoms with Gasteiger partial charge in [0.2, 0.25) is 0 Å². The zero-order valence-corrected chi connectivity index (χ0v) is 34.4. The highest BCUT2D eigenvalue weighted by atomic mass is 35.5. The number of amides is 3. The maximum atomic E-state index is 13.8. The maximum Gasteiger partial charge on any atom is 0.410 e. The Kier molecular flexibility index (Phi) is 10.7. The molecule has 3 amide bonds. The third-order valence-corrected chi connectivity index (χ3v) is 12.2. The molecule has 3 N–H and O–H groups in total. The van der Waals surface area contributed by atoms with Crippen molar-refractivity contribution in [3.8, 4) is 11.1 Å². The summed E-state index contributed by atoms with van der Waals surface area (Å²) in [5.74, 6) is -0.961. The van der Waals surface area contributed by atoms with Gasteiger partial charge >= 0.3 is 12.1 Å². The van der Waals surface area contributed by atoms with E-state index in [0.29, 0.717) is 71.9 Å². The predicted molar refractivity (Wildman–Crippen MR) is 216 cm³/mol. The molecule has 14 nitrogen and oxygen atoms in total. The molecule has 0 spiro atoms. The minimum atomic E-state index is -0.725. The number of benzene rings is 2. The third kappa shape index (κ3) is 7.89. The molecule has 2 aliphatic heterocycles. The summed E-state index contributed by atoms with van der Waals surface area (Å²) in [6.07, 6.45) is 3.83. The highest BCUT2D eigenvalue weighted by Crippen LogP contribution is 2.40. The topological polar surface area (TPSA) is 164 Å². The first-order chi connectivity index (χ1) is 26.9. The lowest BCUT2D eigenvalue weighted by Crippen LogP contribution is -2.44. The summed E-state index contributed by atoms with van der Waals surface area (Å²) in [5.41, 5.74) is 5.40. The van der Waals surface area contributed by atoms with E-state index < -0.39 is 23.1 Å². The van der Waals surface area contributed by atoms with E-state index in [4.69, 9.17) is 21.3 Å². The number of carbonyl (C=O) groups is 4. The summed E-state index contributed by atoms with van der Waals surface area (Å²) in [4.78, 5) is 65.3. The van der Waals surface area contributed by atoms with Crippen molar-refractivity contribution in [2.75, 3.05) is 23.7 Å². The van der Waals surface area contributed by atoms with E-state index in [1.165, 1.54) is 0 Å². The molecule has 4 aromatic rings. The largest absolute Gasteiger partial charge is 0.481 e. The molecule has 3 aliphatic rings. The van der Waals surface area contributed by atoms with Gasteiger partial charge in [0.05, 0.1) is 34.1 Å². The molecule has 302 valence electrons. The van der Waals surface area contributed by atoms with Gasteiger partial charge in [-0.1, -0.05) is 35.9 Å². The van der Waals surface area contributed by atoms with E-state index in [0.717, 1.165) is 54.0 Å². The number of nitrogens with zero attached hydrogens (tertiary/aromatic N) is 6. The fraction of sp³-hybridized carbons (Fsp3) is 0.476. The molecular formula is C42H51ClN8O6. The molecule has 0 bridgehead atoms. The second kappa shape index (κ2) is 15.3. The normalized spacial score (nSPS) is 19.7. The fourth-order valence-corrected chi connectivity index (χ4v) is 8.63. The number of aromatic nitrogens is 4. The van der Waals surface area contributed by atoms with Crippen LogP contribution in [-0.4, -0.2) is 82.6 Å². The smallest absolute Gasteiger partial charge is 0.410 e. The van der Waals surface area contributed by atoms with Crippen molar-refractivity contribution in [1.82, 2.24) is 28.9 Å². The van der Waals surface area contributed by atoms with Crippen LogP contribution in [0.1, 0.15) is 103 Å². The second-order valence-corrected chi connectivity index (χ2v) is 17.2. The van der Waals surface area contributed by atoms with Crippen LogP contribution in [0.15, 0.2) is 36.4 Å². The first-order valence-corrected chi connectivity index (χ1v) is 19.9. The van der Waals surface area contributed by atoms with Gasteiger partial charge in [-0.25, -0.2) is 14.8 Å². The number of rotatable bonds is 7. The number of imidazole rings is 2. The lowest BCUT2D eigenvalue weighted by atomic mass is 9.73. The van der Waals surface area contributed by atoms with Gasteiger partial charge < -0.3 is 34.5 Å². The molecule has 0 unspecified atom stereocenters. The van der Waals surface area contributed by atoms with Crippen molar-refractivity contribution in [2.45, 2.75) is 97.9 Å². The van der Waals surface area contributed by atoms with E-state index in [9.17, 15) is 24.3 Å². The molecule has 4 heterocycles. The summed E-state index contributed by atoms with van der Waals surface area (Å²) in [6, 6.07) is 11.3. The fourth-order valence-electron chi connectivity index (χ4n) is 8.35. The summed E-state index contributed by atoms with van der Waals surface area (Å²) in [6.45, 7) is 11.4. The van der Waals surface area contributed by atoms with Gasteiger partial charge in [0.15, 0.2) is 11.6 Å². The van der Waals surface area contributed by atoms with E-state index in [-0.39, 0.29) is 24.2 Å². The molecule has 0 radical (unpaired) electrons. The molecule has 57 heavy (non-hydrogen) atoms. The minimum Gasteiger partial charge on any atom is -0.481 e. The number of aliphatic carboxylic acids is 1. The van der Waals surface area contributed by atoms with E-state index >= 15 is 0 Å². The van der Waals surface area contributed by atoms with Crippen LogP contribution in [0.3, 0.4) is 0 Å². The third-order valence-electron chi connectivity index (χ3n) is 11.8. The van der Waals surface area contributed by atoms with Crippen LogP contribution in [0.4, 0.5) is 16.2 Å². The van der Waals surface area contributed by atoms with Crippen LogP contribution in [-0.2, 0) is 49.6 Å². The second-order valence-electron chi connectivity index (χ2n) is 16.8. The number of carboxylic acids is 1. The zero-order chi connectivity index (χ0) is 41.0. The van der Waals surface area contributed by atoms with Crippen molar-refractivity contribution in [3.05, 3.63) is 81.4 Å². The quantitative estimate of drug-likeness (QED) is 0.179. The van der Waals surface area contributed by atoms with Crippen LogP contribution >= 0.6 is 11.6 Å². The number of nitrogens with one attached hydrogen (secondary N) is 2. The van der Waals surface area contributed by atoms with Gasteiger partial charge in [0.25, 0.3) is 11.8 Å². The van der Waals surface area contributed by atoms with Gasteiger partial charge in [-0.05, 0) is 83.6 Å². The number of carbonyl (C=O) groups excluding carboxylic acids is 3. The molecule has 1 fully saturated rings. The monoisotopic (exact) mass is 798 g/mol. The van der Waals surface area contributed by atoms with Crippen LogP contribution in [0.2, 0.25) is 5.02 Å². The summed E-state index contributed by atoms with van der Waals surface area (Å²) < 4.78 is 9.18. The van der Waals surface area contributed by atoms with E-state index in [1.807, 2.05) is 76.6 Å². The first-order valence-electron chi connectivity index (χ1n) is 19.5. The highest BCUT2D eigenvalue weighted by Gasteiger charge is 2.40. The van der Waals surface area contributed by atoms with Gasteiger partial charge in [0, 0.05) is 75.3 Å². The lowest BCUT2D eigenvalue weighted by Gasteiger charge is -2.41. The number of fused-ring (bicyclic) bond motifs is 2. The summed E-state index contributed by atoms with van der Waals surface area (Å²) in [7, 11) is 3.66. The molecule has 0 atom stereocenters. The van der Waals surface area contributed by atoms with Crippen LogP contribution in [0.25, 0.3) is 11.1 Å². The Morgan fingerprint density at radius 1 is 0.842 bits per heavy atom. The Morgan fingerprint density at radius 3 is 1.98 bits per heavy atom. The van der Waals surface area contributed by atoms with Gasteiger partial charge in [-0.3, -0.25) is 19.3 Å². The average molecular weight is 799 g/mol. The van der Waals surface area contributed by atoms with Gasteiger partial charge in [0.1, 0.15) is 5.60 Å². The minimum absolute atomic E-state index is 0.236. The van der Waals surface area contributed by atoms with Crippen molar-refractivity contribution < 1.29 is 29.0 Å². The van der Waals surface area contributed by atoms with E-state index in [2.05, 4.69) is 20.5 Å². The van der Waals surface area contributed by atoms with Crippen LogP contribution in [0.5, 0.6) is 0 Å². The number of hydrogen-bond donors (Lipinski definition) is 3. The van der Waals surface area contributed by atoms with Crippen LogP contribution in [0, 0.1) is 12.3 Å². The van der Waals surface area contributed by atoms with Crippen molar-refractivity contribution in [2.24, 2.45) is 19.5 Å². The van der Waals surface area contributed by atoms with Gasteiger partial charge in [-0.2, -0.15) is 0 Å². The summed E-state index contributed by atoms with van der Waals surface area (Å²) in [5, 5.41) is 16.0. The van der Waals surface area contributed by atoms with Crippen molar-refractivity contribution in [3.63, 3.8) is 0 Å². The molecule has 15 heteroatoms. The van der Waals surface area contributed by atoms with Crippen molar-refractivity contribution >= 4 is 46.9 Å². The number of ether oxygens (including phenoxy) is 1. The highest BCUT2D eigenvalue weighted by molar-refractivity contribution is 6.36. The number of anilines is 2. The first kappa shape index (κ1) is 40.0. The summed E-state index contributed by atoms with van der Waals surface area (Å²) >= 11 is 7.01. The molecule has 2 aromatic heterocycles.